The molecule has 1 aromatic heterocycles. The number of aromatic amines is 1. The van der Waals surface area contributed by atoms with Gasteiger partial charge < -0.3 is 30.4 Å². The number of ether oxygens (including phenoxy) is 1. The number of ketones is 1. The first-order chi connectivity index (χ1) is 17.4. The van der Waals surface area contributed by atoms with Gasteiger partial charge >= 0.3 is 0 Å². The Labute approximate surface area is 208 Å². The highest BCUT2D eigenvalue weighted by atomic mass is 16.5. The van der Waals surface area contributed by atoms with E-state index in [1.54, 1.807) is 18.1 Å². The van der Waals surface area contributed by atoms with Crippen molar-refractivity contribution in [2.45, 2.75) is 44.2 Å². The van der Waals surface area contributed by atoms with Crippen molar-refractivity contribution in [3.63, 3.8) is 0 Å². The predicted octanol–water partition coefficient (Wildman–Crippen LogP) is 0.990. The van der Waals surface area contributed by atoms with E-state index >= 15 is 0 Å². The normalized spacial score (nSPS) is 26.1. The Bertz CT molecular complexity index is 1190. The molecule has 1 aromatic carbocycles. The molecular weight excluding hydrogens is 464 g/mol. The van der Waals surface area contributed by atoms with Crippen LogP contribution in [0.1, 0.15) is 42.6 Å². The minimum absolute atomic E-state index is 0.00696. The number of aliphatic hydroxyl groups excluding tert-OH is 1. The summed E-state index contributed by atoms with van der Waals surface area (Å²) in [5.74, 6) is -0.889. The highest BCUT2D eigenvalue weighted by molar-refractivity contribution is 6.02. The summed E-state index contributed by atoms with van der Waals surface area (Å²) in [7, 11) is 1.57. The predicted molar refractivity (Wildman–Crippen MR) is 130 cm³/mol. The van der Waals surface area contributed by atoms with Gasteiger partial charge in [0, 0.05) is 29.9 Å². The summed E-state index contributed by atoms with van der Waals surface area (Å²) in [5.41, 5.74) is 1.14. The average Bonchev–Trinajstić information content (AvgIpc) is 3.66. The molecule has 10 nitrogen and oxygen atoms in total. The maximum atomic E-state index is 13.7. The van der Waals surface area contributed by atoms with Crippen LogP contribution in [0.15, 0.2) is 24.3 Å². The van der Waals surface area contributed by atoms with Crippen LogP contribution < -0.4 is 15.4 Å². The monoisotopic (exact) mass is 496 g/mol. The SMILES string of the molecule is COc1cccc2[nH]c(C(=O)N3C[C@H]4CCC[C@H]4[C@H]3C(=O)N[C@H](C[C@@H]3CCNC3=O)C(=O)CO)cc12. The molecule has 36 heavy (non-hydrogen) atoms. The Morgan fingerprint density at radius 1 is 1.25 bits per heavy atom. The fourth-order valence-corrected chi connectivity index (χ4v) is 6.22. The van der Waals surface area contributed by atoms with Gasteiger partial charge in [-0.05, 0) is 55.7 Å². The Kier molecular flexibility index (Phi) is 6.70. The second-order valence-electron chi connectivity index (χ2n) is 10.1. The first kappa shape index (κ1) is 24.3. The van der Waals surface area contributed by atoms with Crippen LogP contribution in [0, 0.1) is 17.8 Å². The van der Waals surface area contributed by atoms with Gasteiger partial charge in [-0.3, -0.25) is 19.2 Å². The van der Waals surface area contributed by atoms with E-state index in [9.17, 15) is 24.3 Å². The lowest BCUT2D eigenvalue weighted by molar-refractivity contribution is -0.133. The number of H-pyrrole nitrogens is 1. The maximum absolute atomic E-state index is 13.7. The molecule has 192 valence electrons. The summed E-state index contributed by atoms with van der Waals surface area (Å²) >= 11 is 0. The number of likely N-dealkylation sites (tertiary alicyclic amines) is 1. The number of rotatable bonds is 8. The van der Waals surface area contributed by atoms with Gasteiger partial charge in [-0.1, -0.05) is 12.5 Å². The van der Waals surface area contributed by atoms with Gasteiger partial charge in [0.2, 0.25) is 11.8 Å². The zero-order chi connectivity index (χ0) is 25.4. The first-order valence-corrected chi connectivity index (χ1v) is 12.6. The van der Waals surface area contributed by atoms with E-state index in [1.807, 2.05) is 18.2 Å². The molecule has 0 radical (unpaired) electrons. The van der Waals surface area contributed by atoms with E-state index in [1.165, 1.54) is 0 Å². The summed E-state index contributed by atoms with van der Waals surface area (Å²) in [6.45, 7) is 0.273. The van der Waals surface area contributed by atoms with Crippen LogP contribution >= 0.6 is 0 Å². The van der Waals surface area contributed by atoms with Crippen LogP contribution in [0.5, 0.6) is 5.75 Å². The van der Waals surface area contributed by atoms with Crippen LogP contribution in [-0.4, -0.2) is 77.4 Å². The summed E-state index contributed by atoms with van der Waals surface area (Å²) in [5, 5.41) is 15.8. The first-order valence-electron chi connectivity index (χ1n) is 12.6. The van der Waals surface area contributed by atoms with Crippen LogP contribution in [0.25, 0.3) is 10.9 Å². The van der Waals surface area contributed by atoms with Gasteiger partial charge in [0.1, 0.15) is 24.1 Å². The van der Waals surface area contributed by atoms with Crippen LogP contribution in [0.2, 0.25) is 0 Å². The van der Waals surface area contributed by atoms with E-state index in [-0.39, 0.29) is 30.1 Å². The largest absolute Gasteiger partial charge is 0.496 e. The van der Waals surface area contributed by atoms with E-state index < -0.39 is 36.3 Å². The second-order valence-corrected chi connectivity index (χ2v) is 10.1. The molecule has 3 aliphatic rings. The van der Waals surface area contributed by atoms with Crippen molar-refractivity contribution < 1.29 is 29.0 Å². The van der Waals surface area contributed by atoms with E-state index in [0.29, 0.717) is 31.0 Å². The number of methoxy groups -OCH3 is 1. The third kappa shape index (κ3) is 4.34. The minimum Gasteiger partial charge on any atom is -0.496 e. The van der Waals surface area contributed by atoms with Gasteiger partial charge in [0.15, 0.2) is 5.78 Å². The molecule has 5 rings (SSSR count). The lowest BCUT2D eigenvalue weighted by atomic mass is 9.92. The Morgan fingerprint density at radius 3 is 2.81 bits per heavy atom. The lowest BCUT2D eigenvalue weighted by Crippen LogP contribution is -2.53. The number of hydrogen-bond donors (Lipinski definition) is 4. The quantitative estimate of drug-likeness (QED) is 0.430. The average molecular weight is 497 g/mol. The third-order valence-corrected chi connectivity index (χ3v) is 8.04. The molecule has 1 saturated carbocycles. The van der Waals surface area contributed by atoms with Gasteiger partial charge in [-0.2, -0.15) is 0 Å². The van der Waals surface area contributed by atoms with Crippen molar-refractivity contribution in [3.8, 4) is 5.75 Å². The standard InChI is InChI=1S/C26H32N4O6/c1-36-22-7-3-6-18-17(22)11-20(28-18)26(35)30-12-15-4-2-5-16(15)23(30)25(34)29-19(21(32)13-31)10-14-8-9-27-24(14)33/h3,6-7,11,14-16,19,23,28,31H,2,4-5,8-10,12-13H2,1H3,(H,27,33)(H,29,34)/t14-,15+,16+,19+,23-/m0/s1. The molecule has 5 atom stereocenters. The Morgan fingerprint density at radius 2 is 2.08 bits per heavy atom. The van der Waals surface area contributed by atoms with Gasteiger partial charge in [0.05, 0.1) is 13.2 Å². The molecule has 3 heterocycles. The van der Waals surface area contributed by atoms with Crippen LogP contribution in [0.4, 0.5) is 0 Å². The van der Waals surface area contributed by atoms with Crippen molar-refractivity contribution >= 4 is 34.4 Å². The van der Waals surface area contributed by atoms with Crippen molar-refractivity contribution in [2.24, 2.45) is 17.8 Å². The van der Waals surface area contributed by atoms with Crippen molar-refractivity contribution in [1.82, 2.24) is 20.5 Å². The molecule has 2 aliphatic heterocycles. The lowest BCUT2D eigenvalue weighted by Gasteiger charge is -2.29. The highest BCUT2D eigenvalue weighted by Crippen LogP contribution is 2.43. The zero-order valence-electron chi connectivity index (χ0n) is 20.3. The summed E-state index contributed by atoms with van der Waals surface area (Å²) < 4.78 is 5.42. The molecule has 0 spiro atoms. The molecule has 3 fully saturated rings. The molecule has 0 unspecified atom stereocenters. The van der Waals surface area contributed by atoms with E-state index in [4.69, 9.17) is 4.74 Å². The number of aliphatic hydroxyl groups is 1. The summed E-state index contributed by atoms with van der Waals surface area (Å²) in [4.78, 5) is 56.6. The molecule has 2 saturated heterocycles. The summed E-state index contributed by atoms with van der Waals surface area (Å²) in [6.07, 6.45) is 3.47. The number of amides is 3. The molecule has 3 amide bonds. The summed E-state index contributed by atoms with van der Waals surface area (Å²) in [6, 6.07) is 5.57. The van der Waals surface area contributed by atoms with Gasteiger partial charge in [-0.15, -0.1) is 0 Å². The number of carbonyl (C=O) groups is 4. The third-order valence-electron chi connectivity index (χ3n) is 8.04. The van der Waals surface area contributed by atoms with E-state index in [2.05, 4.69) is 15.6 Å². The molecule has 1 aliphatic carbocycles. The minimum atomic E-state index is -0.980. The van der Waals surface area contributed by atoms with Gasteiger partial charge in [0.25, 0.3) is 5.91 Å². The number of nitrogens with zero attached hydrogens (tertiary/aromatic N) is 1. The molecular formula is C26H32N4O6. The van der Waals surface area contributed by atoms with Gasteiger partial charge in [-0.25, -0.2) is 0 Å². The van der Waals surface area contributed by atoms with E-state index in [0.717, 1.165) is 30.2 Å². The topological polar surface area (TPSA) is 141 Å². The number of nitrogens with one attached hydrogen (secondary N) is 3. The number of benzene rings is 1. The zero-order valence-corrected chi connectivity index (χ0v) is 20.3. The number of hydrogen-bond acceptors (Lipinski definition) is 6. The Balaban J connectivity index is 1.39. The van der Waals surface area contributed by atoms with Crippen LogP contribution in [0.3, 0.4) is 0 Å². The number of aromatic nitrogens is 1. The highest BCUT2D eigenvalue weighted by Gasteiger charge is 2.50. The van der Waals surface area contributed by atoms with Crippen molar-refractivity contribution in [3.05, 3.63) is 30.0 Å². The molecule has 2 aromatic rings. The maximum Gasteiger partial charge on any atom is 0.271 e. The fourth-order valence-electron chi connectivity index (χ4n) is 6.22. The van der Waals surface area contributed by atoms with Crippen molar-refractivity contribution in [1.29, 1.82) is 0 Å². The van der Waals surface area contributed by atoms with Crippen molar-refractivity contribution in [2.75, 3.05) is 26.8 Å². The number of carbonyl (C=O) groups excluding carboxylic acids is 4. The fraction of sp³-hybridized carbons (Fsp3) is 0.538. The molecule has 0 bridgehead atoms. The molecule has 4 N–H and O–H groups in total. The Hall–Kier alpha value is -3.40. The van der Waals surface area contributed by atoms with Crippen LogP contribution in [-0.2, 0) is 14.4 Å². The second kappa shape index (κ2) is 9.93. The number of fused-ring (bicyclic) bond motifs is 2. The smallest absolute Gasteiger partial charge is 0.271 e. The number of Topliss-reactive ketones (excluding diaryl/α,β-unsaturated/α-hetero) is 1. The molecule has 10 heteroatoms.